The summed E-state index contributed by atoms with van der Waals surface area (Å²) in [6.45, 7) is 2.90. The van der Waals surface area contributed by atoms with Crippen LogP contribution in [-0.2, 0) is 0 Å². The zero-order valence-electron chi connectivity index (χ0n) is 10.2. The summed E-state index contributed by atoms with van der Waals surface area (Å²) in [5.41, 5.74) is 2.12. The lowest BCUT2D eigenvalue weighted by molar-refractivity contribution is 0.603. The Kier molecular flexibility index (Phi) is 4.72. The van der Waals surface area contributed by atoms with Crippen LogP contribution in [0.4, 0.5) is 4.39 Å². The molecule has 0 heterocycles. The maximum atomic E-state index is 13.3. The Labute approximate surface area is 121 Å². The largest absolute Gasteiger partial charge is 0.307 e. The van der Waals surface area contributed by atoms with Crippen LogP contribution in [0.15, 0.2) is 48.5 Å². The van der Waals surface area contributed by atoms with E-state index in [1.807, 2.05) is 12.1 Å². The minimum Gasteiger partial charge on any atom is -0.307 e. The first-order valence-corrected chi connectivity index (χ1v) is 7.03. The van der Waals surface area contributed by atoms with Gasteiger partial charge in [-0.1, -0.05) is 31.2 Å². The summed E-state index contributed by atoms with van der Waals surface area (Å²) in [5, 5.41) is 3.40. The molecule has 2 rings (SSSR count). The van der Waals surface area contributed by atoms with Crippen LogP contribution < -0.4 is 5.32 Å². The molecule has 1 unspecified atom stereocenters. The number of halogens is 2. The second kappa shape index (κ2) is 6.29. The number of rotatable bonds is 4. The third kappa shape index (κ3) is 3.29. The molecule has 0 saturated carbocycles. The molecule has 0 bridgehead atoms. The normalized spacial score (nSPS) is 12.4. The molecule has 18 heavy (non-hydrogen) atoms. The Morgan fingerprint density at radius 1 is 1.11 bits per heavy atom. The molecule has 0 aliphatic heterocycles. The van der Waals surface area contributed by atoms with Crippen molar-refractivity contribution >= 4 is 22.6 Å². The van der Waals surface area contributed by atoms with Crippen molar-refractivity contribution in [1.82, 2.24) is 5.32 Å². The summed E-state index contributed by atoms with van der Waals surface area (Å²) < 4.78 is 14.5. The fraction of sp³-hybridized carbons (Fsp3) is 0.200. The number of hydrogen-bond acceptors (Lipinski definition) is 1. The van der Waals surface area contributed by atoms with Crippen LogP contribution >= 0.6 is 22.6 Å². The highest BCUT2D eigenvalue weighted by Gasteiger charge is 2.13. The number of benzene rings is 2. The Morgan fingerprint density at radius 2 is 1.78 bits per heavy atom. The van der Waals surface area contributed by atoms with Gasteiger partial charge in [-0.2, -0.15) is 0 Å². The Bertz CT molecular complexity index is 482. The third-order valence-corrected chi connectivity index (χ3v) is 3.44. The SMILES string of the molecule is CCNC(c1cccc(F)c1)c1cccc(I)c1. The van der Waals surface area contributed by atoms with Crippen LogP contribution in [-0.4, -0.2) is 6.54 Å². The first-order valence-electron chi connectivity index (χ1n) is 5.95. The minimum absolute atomic E-state index is 0.0421. The lowest BCUT2D eigenvalue weighted by Gasteiger charge is -2.19. The topological polar surface area (TPSA) is 12.0 Å². The van der Waals surface area contributed by atoms with Crippen LogP contribution in [0.1, 0.15) is 24.1 Å². The molecule has 1 N–H and O–H groups in total. The third-order valence-electron chi connectivity index (χ3n) is 2.77. The maximum Gasteiger partial charge on any atom is 0.123 e. The predicted octanol–water partition coefficient (Wildman–Crippen LogP) is 4.13. The number of nitrogens with one attached hydrogen (secondary N) is 1. The Balaban J connectivity index is 2.39. The van der Waals surface area contributed by atoms with Crippen molar-refractivity contribution < 1.29 is 4.39 Å². The molecule has 1 atom stereocenters. The van der Waals surface area contributed by atoms with E-state index in [-0.39, 0.29) is 11.9 Å². The van der Waals surface area contributed by atoms with Gasteiger partial charge in [0.05, 0.1) is 6.04 Å². The highest BCUT2D eigenvalue weighted by molar-refractivity contribution is 14.1. The van der Waals surface area contributed by atoms with Gasteiger partial charge in [-0.3, -0.25) is 0 Å². The molecule has 2 aromatic carbocycles. The van der Waals surface area contributed by atoms with Crippen molar-refractivity contribution in [2.45, 2.75) is 13.0 Å². The molecular weight excluding hydrogens is 340 g/mol. The van der Waals surface area contributed by atoms with Crippen molar-refractivity contribution in [3.8, 4) is 0 Å². The molecule has 94 valence electrons. The Morgan fingerprint density at radius 3 is 2.39 bits per heavy atom. The van der Waals surface area contributed by atoms with Crippen LogP contribution in [0.5, 0.6) is 0 Å². The molecular formula is C15H15FIN. The zero-order chi connectivity index (χ0) is 13.0. The summed E-state index contributed by atoms with van der Waals surface area (Å²) >= 11 is 2.29. The molecule has 3 heteroatoms. The zero-order valence-corrected chi connectivity index (χ0v) is 12.3. The van der Waals surface area contributed by atoms with Gasteiger partial charge in [0.15, 0.2) is 0 Å². The molecule has 1 nitrogen and oxygen atoms in total. The first kappa shape index (κ1) is 13.5. The van der Waals surface area contributed by atoms with Crippen molar-refractivity contribution in [3.05, 3.63) is 69.0 Å². The quantitative estimate of drug-likeness (QED) is 0.814. The van der Waals surface area contributed by atoms with Crippen molar-refractivity contribution in [3.63, 3.8) is 0 Å². The van der Waals surface area contributed by atoms with Crippen LogP contribution in [0.25, 0.3) is 0 Å². The summed E-state index contributed by atoms with van der Waals surface area (Å²) in [4.78, 5) is 0. The van der Waals surface area contributed by atoms with Gasteiger partial charge in [-0.25, -0.2) is 4.39 Å². The average molecular weight is 355 g/mol. The summed E-state index contributed by atoms with van der Waals surface area (Å²) in [6, 6.07) is 15.1. The second-order valence-electron chi connectivity index (χ2n) is 4.10. The highest BCUT2D eigenvalue weighted by atomic mass is 127. The van der Waals surface area contributed by atoms with E-state index in [2.05, 4.69) is 53.0 Å². The van der Waals surface area contributed by atoms with Crippen LogP contribution in [0.2, 0.25) is 0 Å². The molecule has 0 aliphatic rings. The van der Waals surface area contributed by atoms with E-state index in [1.54, 1.807) is 12.1 Å². The van der Waals surface area contributed by atoms with Crippen molar-refractivity contribution in [2.75, 3.05) is 6.54 Å². The van der Waals surface area contributed by atoms with Gasteiger partial charge in [0.2, 0.25) is 0 Å². The van der Waals surface area contributed by atoms with E-state index in [9.17, 15) is 4.39 Å². The molecule has 0 aliphatic carbocycles. The van der Waals surface area contributed by atoms with Gasteiger partial charge in [0, 0.05) is 3.57 Å². The second-order valence-corrected chi connectivity index (χ2v) is 5.35. The molecule has 2 aromatic rings. The summed E-state index contributed by atoms with van der Waals surface area (Å²) in [5.74, 6) is -0.193. The van der Waals surface area contributed by atoms with Crippen LogP contribution in [0, 0.1) is 9.39 Å². The van der Waals surface area contributed by atoms with Crippen LogP contribution in [0.3, 0.4) is 0 Å². The summed E-state index contributed by atoms with van der Waals surface area (Å²) in [6.07, 6.45) is 0. The predicted molar refractivity (Wildman–Crippen MR) is 81.1 cm³/mol. The van der Waals surface area contributed by atoms with Gasteiger partial charge in [-0.05, 0) is 64.5 Å². The van der Waals surface area contributed by atoms with E-state index in [0.717, 1.165) is 17.7 Å². The van der Waals surface area contributed by atoms with E-state index in [4.69, 9.17) is 0 Å². The van der Waals surface area contributed by atoms with Gasteiger partial charge in [0.25, 0.3) is 0 Å². The highest BCUT2D eigenvalue weighted by Crippen LogP contribution is 2.23. The molecule has 0 aromatic heterocycles. The molecule has 0 radical (unpaired) electrons. The van der Waals surface area contributed by atoms with Gasteiger partial charge in [0.1, 0.15) is 5.82 Å². The molecule has 0 saturated heterocycles. The number of hydrogen-bond donors (Lipinski definition) is 1. The van der Waals surface area contributed by atoms with Crippen molar-refractivity contribution in [2.24, 2.45) is 0 Å². The average Bonchev–Trinajstić information content (AvgIpc) is 2.36. The lowest BCUT2D eigenvalue weighted by Crippen LogP contribution is -2.22. The van der Waals surface area contributed by atoms with Gasteiger partial charge in [-0.15, -0.1) is 0 Å². The van der Waals surface area contributed by atoms with Gasteiger partial charge >= 0.3 is 0 Å². The smallest absolute Gasteiger partial charge is 0.123 e. The van der Waals surface area contributed by atoms with Crippen molar-refractivity contribution in [1.29, 1.82) is 0 Å². The first-order chi connectivity index (χ1) is 8.70. The summed E-state index contributed by atoms with van der Waals surface area (Å²) in [7, 11) is 0. The standard InChI is InChI=1S/C15H15FIN/c1-2-18-15(11-5-3-7-13(16)9-11)12-6-4-8-14(17)10-12/h3-10,15,18H,2H2,1H3. The fourth-order valence-electron chi connectivity index (χ4n) is 2.00. The maximum absolute atomic E-state index is 13.3. The molecule has 0 spiro atoms. The van der Waals surface area contributed by atoms with E-state index < -0.39 is 0 Å². The minimum atomic E-state index is -0.193. The van der Waals surface area contributed by atoms with E-state index >= 15 is 0 Å². The lowest BCUT2D eigenvalue weighted by atomic mass is 9.98. The molecule has 0 amide bonds. The van der Waals surface area contributed by atoms with E-state index in [1.165, 1.54) is 9.64 Å². The Hall–Kier alpha value is -0.940. The monoisotopic (exact) mass is 355 g/mol. The molecule has 0 fully saturated rings. The van der Waals surface area contributed by atoms with Gasteiger partial charge < -0.3 is 5.32 Å². The fourth-order valence-corrected chi connectivity index (χ4v) is 2.57. The van der Waals surface area contributed by atoms with E-state index in [0.29, 0.717) is 0 Å².